The zero-order valence-electron chi connectivity index (χ0n) is 18.4. The molecule has 0 aliphatic carbocycles. The van der Waals surface area contributed by atoms with Gasteiger partial charge in [-0.1, -0.05) is 12.5 Å². The molecule has 3 heterocycles. The van der Waals surface area contributed by atoms with E-state index in [1.54, 1.807) is 12.1 Å². The van der Waals surface area contributed by atoms with Crippen LogP contribution in [0.15, 0.2) is 24.4 Å². The minimum atomic E-state index is -3.99. The summed E-state index contributed by atoms with van der Waals surface area (Å²) in [6, 6.07) is 4.83. The third-order valence-electron chi connectivity index (χ3n) is 6.52. The molecule has 2 aliphatic heterocycles. The van der Waals surface area contributed by atoms with Gasteiger partial charge in [0.25, 0.3) is 0 Å². The maximum absolute atomic E-state index is 12.8. The van der Waals surface area contributed by atoms with E-state index in [2.05, 4.69) is 9.71 Å². The second-order valence-electron chi connectivity index (χ2n) is 9.27. The molecule has 1 aromatic heterocycles. The summed E-state index contributed by atoms with van der Waals surface area (Å²) < 4.78 is 40.9. The lowest BCUT2D eigenvalue weighted by Gasteiger charge is -2.32. The molecule has 4 N–H and O–H groups in total. The average molecular weight is 454 g/mol. The molecule has 172 valence electrons. The summed E-state index contributed by atoms with van der Waals surface area (Å²) in [7, 11) is -4.39. The molecule has 0 bridgehead atoms. The molecule has 0 unspecified atom stereocenters. The molecule has 2 atom stereocenters. The van der Waals surface area contributed by atoms with Crippen LogP contribution >= 0.6 is 0 Å². The quantitative estimate of drug-likeness (QED) is 0.499. The van der Waals surface area contributed by atoms with E-state index in [1.807, 2.05) is 27.7 Å². The Morgan fingerprint density at radius 1 is 1.32 bits per heavy atom. The fraction of sp³-hybridized carbons (Fsp3) is 0.684. The highest BCUT2D eigenvalue weighted by Crippen LogP contribution is 2.39. The van der Waals surface area contributed by atoms with Crippen molar-refractivity contribution in [2.45, 2.75) is 63.6 Å². The molecule has 1 aromatic rings. The first kappa shape index (κ1) is 23.9. The minimum absolute atomic E-state index is 0.00827. The number of aromatic nitrogens is 1. The number of nitrogens with zero attached hydrogens (tertiary/aromatic N) is 2. The highest BCUT2D eigenvalue weighted by Gasteiger charge is 2.53. The van der Waals surface area contributed by atoms with Gasteiger partial charge < -0.3 is 20.1 Å². The second-order valence-corrected chi connectivity index (χ2v) is 10.9. The van der Waals surface area contributed by atoms with E-state index in [0.29, 0.717) is 19.2 Å². The van der Waals surface area contributed by atoms with Crippen molar-refractivity contribution in [1.82, 2.24) is 9.29 Å². The number of anilines is 1. The largest absolute Gasteiger partial charge is 0.480 e. The molecular formula is C19H31BN4O6S. The summed E-state index contributed by atoms with van der Waals surface area (Å²) in [4.78, 5) is 15.9. The number of pyridine rings is 1. The first-order chi connectivity index (χ1) is 14.3. The number of nitrogens with one attached hydrogen (secondary N) is 1. The molecule has 12 heteroatoms. The number of nitrogens with two attached hydrogens (primary N) is 1. The molecule has 0 amide bonds. The van der Waals surface area contributed by atoms with Crippen LogP contribution in [-0.2, 0) is 24.3 Å². The third-order valence-corrected chi connectivity index (χ3v) is 7.95. The smallest absolute Gasteiger partial charge is 0.457 e. The molecule has 3 rings (SSSR count). The van der Waals surface area contributed by atoms with Crippen LogP contribution in [0.4, 0.5) is 5.82 Å². The predicted octanol–water partition coefficient (Wildman–Crippen LogP) is 1.32. The van der Waals surface area contributed by atoms with Gasteiger partial charge in [0.15, 0.2) is 0 Å². The highest BCUT2D eigenvalue weighted by molar-refractivity contribution is 7.90. The van der Waals surface area contributed by atoms with Gasteiger partial charge in [0.2, 0.25) is 0 Å². The Hall–Kier alpha value is -1.73. The van der Waals surface area contributed by atoms with Crippen molar-refractivity contribution in [2.75, 3.05) is 17.8 Å². The van der Waals surface area contributed by atoms with E-state index < -0.39 is 46.0 Å². The normalized spacial score (nSPS) is 28.0. The number of carbonyl (C=O) groups is 1. The molecule has 0 radical (unpaired) electrons. The van der Waals surface area contributed by atoms with Gasteiger partial charge in [0.1, 0.15) is 11.4 Å². The first-order valence-electron chi connectivity index (χ1n) is 10.3. The molecular weight excluding hydrogens is 423 g/mol. The van der Waals surface area contributed by atoms with Crippen LogP contribution in [0.2, 0.25) is 6.32 Å². The van der Waals surface area contributed by atoms with Gasteiger partial charge in [0.05, 0.1) is 11.2 Å². The lowest BCUT2D eigenvalue weighted by atomic mass is 9.78. The molecule has 0 aromatic carbocycles. The fourth-order valence-corrected chi connectivity index (χ4v) is 5.18. The molecule has 0 spiro atoms. The minimum Gasteiger partial charge on any atom is -0.480 e. The Morgan fingerprint density at radius 3 is 2.52 bits per heavy atom. The summed E-state index contributed by atoms with van der Waals surface area (Å²) in [6.07, 6.45) is 3.06. The van der Waals surface area contributed by atoms with Crippen LogP contribution in [0, 0.1) is 5.92 Å². The fourth-order valence-electron chi connectivity index (χ4n) is 3.90. The van der Waals surface area contributed by atoms with Crippen LogP contribution in [0.1, 0.15) is 40.5 Å². The number of rotatable bonds is 8. The third kappa shape index (κ3) is 4.88. The topological polar surface area (TPSA) is 144 Å². The van der Waals surface area contributed by atoms with Gasteiger partial charge in [-0.3, -0.25) is 9.52 Å². The number of carboxylic acids is 1. The van der Waals surface area contributed by atoms with E-state index in [9.17, 15) is 18.3 Å². The van der Waals surface area contributed by atoms with Crippen molar-refractivity contribution in [1.29, 1.82) is 0 Å². The Bertz CT molecular complexity index is 897. The van der Waals surface area contributed by atoms with Crippen molar-refractivity contribution >= 4 is 29.1 Å². The van der Waals surface area contributed by atoms with Crippen molar-refractivity contribution in [3.63, 3.8) is 0 Å². The molecule has 2 saturated heterocycles. The van der Waals surface area contributed by atoms with Crippen molar-refractivity contribution < 1.29 is 27.6 Å². The molecule has 0 saturated carbocycles. The Labute approximate surface area is 183 Å². The van der Waals surface area contributed by atoms with Crippen LogP contribution in [0.5, 0.6) is 0 Å². The molecule has 2 fully saturated rings. The summed E-state index contributed by atoms with van der Waals surface area (Å²) in [5.74, 6) is -1.61. The van der Waals surface area contributed by atoms with E-state index >= 15 is 0 Å². The predicted molar refractivity (Wildman–Crippen MR) is 117 cm³/mol. The maximum atomic E-state index is 12.8. The monoisotopic (exact) mass is 454 g/mol. The molecule has 10 nitrogen and oxygen atoms in total. The summed E-state index contributed by atoms with van der Waals surface area (Å²) in [5, 5.41) is 9.74. The Balaban J connectivity index is 1.64. The van der Waals surface area contributed by atoms with Crippen LogP contribution in [-0.4, -0.2) is 65.7 Å². The van der Waals surface area contributed by atoms with Gasteiger partial charge in [-0.05, 0) is 52.6 Å². The number of hydrogen-bond donors (Lipinski definition) is 3. The van der Waals surface area contributed by atoms with Crippen LogP contribution in [0.25, 0.3) is 0 Å². The lowest BCUT2D eigenvalue weighted by molar-refractivity contribution is -0.144. The highest BCUT2D eigenvalue weighted by atomic mass is 32.2. The van der Waals surface area contributed by atoms with E-state index in [-0.39, 0.29) is 18.9 Å². The Kier molecular flexibility index (Phi) is 6.42. The van der Waals surface area contributed by atoms with Gasteiger partial charge >= 0.3 is 23.3 Å². The number of aliphatic carboxylic acids is 1. The van der Waals surface area contributed by atoms with E-state index in [0.717, 1.165) is 4.31 Å². The van der Waals surface area contributed by atoms with Crippen LogP contribution < -0.4 is 10.5 Å². The Morgan fingerprint density at radius 2 is 1.97 bits per heavy atom. The van der Waals surface area contributed by atoms with Crippen molar-refractivity contribution in [3.8, 4) is 0 Å². The first-order valence-corrected chi connectivity index (χ1v) is 11.8. The zero-order valence-corrected chi connectivity index (χ0v) is 19.2. The summed E-state index contributed by atoms with van der Waals surface area (Å²) in [5.41, 5.74) is 3.65. The average Bonchev–Trinajstić information content (AvgIpc) is 3.10. The van der Waals surface area contributed by atoms with Crippen LogP contribution in [0.3, 0.4) is 0 Å². The standard InChI is InChI=1S/C19H31BN4O6S/c1-17(2)18(3,4)30-20(29-17)10-7-8-14-12-24(13-19(14,21)16(25)26)31(27,28)23-15-9-5-6-11-22-15/h5-6,9,11,14H,7-8,10,12-13,21H2,1-4H3,(H,22,23)(H,25,26)/t14-,19-/m1/s1. The van der Waals surface area contributed by atoms with Gasteiger partial charge in [-0.25, -0.2) is 4.98 Å². The SMILES string of the molecule is CC1(C)OB(CCC[C@@H]2CN(S(=O)(=O)Nc3ccccn3)C[C@]2(N)C(=O)O)OC1(C)C. The van der Waals surface area contributed by atoms with Crippen molar-refractivity contribution in [3.05, 3.63) is 24.4 Å². The lowest BCUT2D eigenvalue weighted by Crippen LogP contribution is -2.55. The summed E-state index contributed by atoms with van der Waals surface area (Å²) in [6.45, 7) is 7.57. The number of carboxylic acid groups (broad SMARTS) is 1. The maximum Gasteiger partial charge on any atom is 0.457 e. The van der Waals surface area contributed by atoms with Gasteiger partial charge in [0, 0.05) is 25.2 Å². The number of hydrogen-bond acceptors (Lipinski definition) is 7. The van der Waals surface area contributed by atoms with E-state index in [4.69, 9.17) is 15.0 Å². The summed E-state index contributed by atoms with van der Waals surface area (Å²) >= 11 is 0. The van der Waals surface area contributed by atoms with Gasteiger partial charge in [-0.15, -0.1) is 0 Å². The zero-order chi connectivity index (χ0) is 23.1. The van der Waals surface area contributed by atoms with Gasteiger partial charge in [-0.2, -0.15) is 12.7 Å². The molecule has 31 heavy (non-hydrogen) atoms. The van der Waals surface area contributed by atoms with Crippen molar-refractivity contribution in [2.24, 2.45) is 11.7 Å². The second kappa shape index (κ2) is 8.32. The van der Waals surface area contributed by atoms with E-state index in [1.165, 1.54) is 12.3 Å². The molecule has 2 aliphatic rings.